The predicted octanol–water partition coefficient (Wildman–Crippen LogP) is 5.50. The summed E-state index contributed by atoms with van der Waals surface area (Å²) in [6.45, 7) is 9.09. The first-order valence-corrected chi connectivity index (χ1v) is 13.2. The van der Waals surface area contributed by atoms with Crippen molar-refractivity contribution in [1.29, 1.82) is 0 Å². The predicted molar refractivity (Wildman–Crippen MR) is 122 cm³/mol. The second kappa shape index (κ2) is 8.63. The van der Waals surface area contributed by atoms with E-state index in [0.717, 1.165) is 42.9 Å². The Balaban J connectivity index is 1.43. The maximum atomic E-state index is 11.2. The number of aliphatic hydroxyl groups is 2. The van der Waals surface area contributed by atoms with Gasteiger partial charge in [-0.15, -0.1) is 0 Å². The van der Waals surface area contributed by atoms with Gasteiger partial charge >= 0.3 is 5.97 Å². The van der Waals surface area contributed by atoms with Gasteiger partial charge in [-0.3, -0.25) is 4.79 Å². The molecule has 0 aromatic carbocycles. The highest BCUT2D eigenvalue weighted by Gasteiger charge is 2.60. The topological polar surface area (TPSA) is 77.8 Å². The highest BCUT2D eigenvalue weighted by atomic mass is 16.4. The zero-order valence-corrected chi connectivity index (χ0v) is 20.2. The number of carboxylic acid groups (broad SMARTS) is 1. The minimum Gasteiger partial charge on any atom is -0.481 e. The van der Waals surface area contributed by atoms with Crippen LogP contribution in [0.5, 0.6) is 0 Å². The molecule has 31 heavy (non-hydrogen) atoms. The third-order valence-corrected chi connectivity index (χ3v) is 11.3. The molecule has 4 aliphatic rings. The summed E-state index contributed by atoms with van der Waals surface area (Å²) < 4.78 is 0. The van der Waals surface area contributed by atoms with E-state index in [1.807, 2.05) is 0 Å². The van der Waals surface area contributed by atoms with Crippen LogP contribution in [0.2, 0.25) is 0 Å². The minimum absolute atomic E-state index is 0.0700. The summed E-state index contributed by atoms with van der Waals surface area (Å²) in [4.78, 5) is 11.2. The molecule has 2 unspecified atom stereocenters. The zero-order chi connectivity index (χ0) is 22.6. The van der Waals surface area contributed by atoms with Gasteiger partial charge in [0.2, 0.25) is 0 Å². The van der Waals surface area contributed by atoms with Crippen molar-refractivity contribution >= 4 is 5.97 Å². The largest absolute Gasteiger partial charge is 0.481 e. The number of carbonyl (C=O) groups is 1. The fraction of sp³-hybridized carbons (Fsp3) is 0.963. The smallest absolute Gasteiger partial charge is 0.308 e. The van der Waals surface area contributed by atoms with E-state index in [1.54, 1.807) is 6.92 Å². The van der Waals surface area contributed by atoms with Crippen LogP contribution >= 0.6 is 0 Å². The Morgan fingerprint density at radius 2 is 1.61 bits per heavy atom. The molecule has 0 saturated heterocycles. The van der Waals surface area contributed by atoms with Gasteiger partial charge in [0.15, 0.2) is 0 Å². The van der Waals surface area contributed by atoms with Gasteiger partial charge in [-0.25, -0.2) is 0 Å². The van der Waals surface area contributed by atoms with Crippen molar-refractivity contribution in [3.8, 4) is 0 Å². The Morgan fingerprint density at radius 3 is 2.32 bits per heavy atom. The van der Waals surface area contributed by atoms with E-state index in [1.165, 1.54) is 44.9 Å². The molecule has 0 amide bonds. The Labute approximate surface area is 189 Å². The lowest BCUT2D eigenvalue weighted by molar-refractivity contribution is -0.145. The summed E-state index contributed by atoms with van der Waals surface area (Å²) in [7, 11) is 0. The van der Waals surface area contributed by atoms with Crippen molar-refractivity contribution < 1.29 is 20.1 Å². The summed E-state index contributed by atoms with van der Waals surface area (Å²) in [6, 6.07) is 0. The van der Waals surface area contributed by atoms with E-state index in [0.29, 0.717) is 29.1 Å². The molecule has 4 aliphatic carbocycles. The number of hydrogen-bond acceptors (Lipinski definition) is 3. The normalized spacial score (nSPS) is 47.5. The van der Waals surface area contributed by atoms with Gasteiger partial charge < -0.3 is 15.3 Å². The standard InChI is InChI=1S/C27H46O4/c1-16(5-10-24(29)17(2)25(30)31)21-8-9-22-20-7-6-18-15-19(28)11-13-26(18,3)23(20)12-14-27(21,22)4/h16-24,28-29H,5-15H2,1-4H3,(H,30,31)/t16-,17?,18-,19-,20+,21-,22+,23+,24?,26+,27-/m1/s1. The third-order valence-electron chi connectivity index (χ3n) is 11.3. The van der Waals surface area contributed by atoms with Gasteiger partial charge in [0.25, 0.3) is 0 Å². The van der Waals surface area contributed by atoms with E-state index in [9.17, 15) is 20.1 Å². The van der Waals surface area contributed by atoms with Gasteiger partial charge in [-0.1, -0.05) is 20.8 Å². The second-order valence-corrected chi connectivity index (χ2v) is 12.6. The van der Waals surface area contributed by atoms with Crippen molar-refractivity contribution in [2.24, 2.45) is 52.3 Å². The molecule has 4 fully saturated rings. The van der Waals surface area contributed by atoms with Crippen LogP contribution in [0.15, 0.2) is 0 Å². The highest BCUT2D eigenvalue weighted by Crippen LogP contribution is 2.68. The van der Waals surface area contributed by atoms with Crippen LogP contribution in [0.3, 0.4) is 0 Å². The summed E-state index contributed by atoms with van der Waals surface area (Å²) in [5.74, 6) is 2.89. The molecule has 4 rings (SSSR count). The van der Waals surface area contributed by atoms with Crippen LogP contribution in [0, 0.1) is 52.3 Å². The molecule has 4 nitrogen and oxygen atoms in total. The van der Waals surface area contributed by atoms with Gasteiger partial charge in [0.1, 0.15) is 0 Å². The van der Waals surface area contributed by atoms with Crippen LogP contribution in [-0.4, -0.2) is 33.5 Å². The first-order chi connectivity index (χ1) is 14.6. The number of aliphatic hydroxyl groups excluding tert-OH is 2. The first-order valence-electron chi connectivity index (χ1n) is 13.2. The number of hydrogen-bond donors (Lipinski definition) is 3. The summed E-state index contributed by atoms with van der Waals surface area (Å²) >= 11 is 0. The van der Waals surface area contributed by atoms with Crippen molar-refractivity contribution in [1.82, 2.24) is 0 Å². The van der Waals surface area contributed by atoms with E-state index >= 15 is 0 Å². The Kier molecular flexibility index (Phi) is 6.55. The molecule has 4 heteroatoms. The summed E-state index contributed by atoms with van der Waals surface area (Å²) in [5, 5.41) is 29.7. The maximum Gasteiger partial charge on any atom is 0.308 e. The van der Waals surface area contributed by atoms with Crippen molar-refractivity contribution in [2.45, 2.75) is 111 Å². The first kappa shape index (κ1) is 23.5. The molecular weight excluding hydrogens is 388 g/mol. The van der Waals surface area contributed by atoms with Gasteiger partial charge in [-0.2, -0.15) is 0 Å². The number of rotatable bonds is 6. The van der Waals surface area contributed by atoms with Crippen molar-refractivity contribution in [3.63, 3.8) is 0 Å². The van der Waals surface area contributed by atoms with Crippen LogP contribution < -0.4 is 0 Å². The van der Waals surface area contributed by atoms with Gasteiger partial charge in [0, 0.05) is 0 Å². The molecule has 0 heterocycles. The lowest BCUT2D eigenvalue weighted by atomic mass is 9.44. The average Bonchev–Trinajstić information content (AvgIpc) is 3.09. The number of carboxylic acids is 1. The molecule has 0 aromatic rings. The third kappa shape index (κ3) is 3.98. The number of fused-ring (bicyclic) bond motifs is 5. The summed E-state index contributed by atoms with van der Waals surface area (Å²) in [6.07, 6.45) is 11.9. The molecule has 0 aliphatic heterocycles. The van der Waals surface area contributed by atoms with Crippen molar-refractivity contribution in [2.75, 3.05) is 0 Å². The van der Waals surface area contributed by atoms with Gasteiger partial charge in [-0.05, 0) is 124 Å². The quantitative estimate of drug-likeness (QED) is 0.515. The monoisotopic (exact) mass is 434 g/mol. The molecule has 4 saturated carbocycles. The average molecular weight is 435 g/mol. The Hall–Kier alpha value is -0.610. The number of aliphatic carboxylic acids is 1. The lowest BCUT2D eigenvalue weighted by Crippen LogP contribution is -2.54. The van der Waals surface area contributed by atoms with Crippen LogP contribution in [0.4, 0.5) is 0 Å². The second-order valence-electron chi connectivity index (χ2n) is 12.6. The van der Waals surface area contributed by atoms with Crippen LogP contribution in [0.25, 0.3) is 0 Å². The molecule has 0 radical (unpaired) electrons. The molecule has 178 valence electrons. The fourth-order valence-electron chi connectivity index (χ4n) is 9.26. The SMILES string of the molecule is CC(C(=O)O)C(O)CC[C@@H](C)[C@H]1CC[C@H]2[C@@H]3CC[C@@H]4C[C@H](O)CC[C@]4(C)[C@H]3CC[C@]12C. The van der Waals surface area contributed by atoms with Gasteiger partial charge in [0.05, 0.1) is 18.1 Å². The molecule has 3 N–H and O–H groups in total. The van der Waals surface area contributed by atoms with Crippen LogP contribution in [0.1, 0.15) is 98.3 Å². The fourth-order valence-corrected chi connectivity index (χ4v) is 9.26. The maximum absolute atomic E-state index is 11.2. The van der Waals surface area contributed by atoms with E-state index < -0.39 is 18.0 Å². The van der Waals surface area contributed by atoms with Crippen LogP contribution in [-0.2, 0) is 4.79 Å². The molecule has 0 aromatic heterocycles. The highest BCUT2D eigenvalue weighted by molar-refractivity contribution is 5.70. The zero-order valence-electron chi connectivity index (χ0n) is 20.2. The Bertz CT molecular complexity index is 664. The molecule has 0 bridgehead atoms. The Morgan fingerprint density at radius 1 is 0.935 bits per heavy atom. The molecule has 11 atom stereocenters. The van der Waals surface area contributed by atoms with Crippen molar-refractivity contribution in [3.05, 3.63) is 0 Å². The van der Waals surface area contributed by atoms with E-state index in [-0.39, 0.29) is 6.10 Å². The molecular formula is C27H46O4. The lowest BCUT2D eigenvalue weighted by Gasteiger charge is -2.61. The van der Waals surface area contributed by atoms with E-state index in [2.05, 4.69) is 20.8 Å². The summed E-state index contributed by atoms with van der Waals surface area (Å²) in [5.41, 5.74) is 0.839. The van der Waals surface area contributed by atoms with E-state index in [4.69, 9.17) is 0 Å². The molecule has 0 spiro atoms. The minimum atomic E-state index is -0.898.